The van der Waals surface area contributed by atoms with Gasteiger partial charge >= 0.3 is 11.9 Å². The van der Waals surface area contributed by atoms with E-state index in [1.54, 1.807) is 17.7 Å². The van der Waals surface area contributed by atoms with Crippen LogP contribution >= 0.6 is 0 Å². The van der Waals surface area contributed by atoms with Crippen molar-refractivity contribution < 1.29 is 19.8 Å². The van der Waals surface area contributed by atoms with E-state index < -0.39 is 18.0 Å². The Hall–Kier alpha value is -2.34. The zero-order chi connectivity index (χ0) is 14.7. The van der Waals surface area contributed by atoms with Gasteiger partial charge < -0.3 is 20.1 Å². The summed E-state index contributed by atoms with van der Waals surface area (Å²) in [5.41, 5.74) is 1.71. The lowest BCUT2D eigenvalue weighted by molar-refractivity contribution is -0.139. The number of nitrogens with zero attached hydrogens (tertiary/aromatic N) is 1. The normalized spacial score (nSPS) is 12.4. The molecule has 0 aliphatic rings. The number of rotatable bonds is 6. The van der Waals surface area contributed by atoms with E-state index in [9.17, 15) is 9.59 Å². The Labute approximate surface area is 115 Å². The monoisotopic (exact) mass is 276 g/mol. The van der Waals surface area contributed by atoms with Gasteiger partial charge in [0.25, 0.3) is 0 Å². The van der Waals surface area contributed by atoms with Gasteiger partial charge in [-0.3, -0.25) is 9.59 Å². The fourth-order valence-corrected chi connectivity index (χ4v) is 2.09. The quantitative estimate of drug-likeness (QED) is 0.739. The summed E-state index contributed by atoms with van der Waals surface area (Å²) in [5, 5.41) is 21.6. The van der Waals surface area contributed by atoms with Gasteiger partial charge in [-0.05, 0) is 18.6 Å². The second-order valence-electron chi connectivity index (χ2n) is 4.63. The lowest BCUT2D eigenvalue weighted by atomic mass is 10.1. The van der Waals surface area contributed by atoms with Crippen molar-refractivity contribution in [1.82, 2.24) is 9.88 Å². The molecule has 2 rings (SSSR count). The van der Waals surface area contributed by atoms with E-state index in [1.165, 1.54) is 0 Å². The Kier molecular flexibility index (Phi) is 4.05. The van der Waals surface area contributed by atoms with Crippen molar-refractivity contribution in [1.29, 1.82) is 0 Å². The molecular formula is C14H16N2O4. The van der Waals surface area contributed by atoms with E-state index in [4.69, 9.17) is 10.2 Å². The van der Waals surface area contributed by atoms with Crippen LogP contribution in [-0.2, 0) is 22.7 Å². The molecule has 0 unspecified atom stereocenters. The molecule has 1 heterocycles. The maximum Gasteiger partial charge on any atom is 0.323 e. The van der Waals surface area contributed by atoms with Crippen molar-refractivity contribution in [3.63, 3.8) is 0 Å². The molecule has 0 spiro atoms. The van der Waals surface area contributed by atoms with Crippen molar-refractivity contribution in [3.05, 3.63) is 36.0 Å². The van der Waals surface area contributed by atoms with Crippen LogP contribution in [-0.4, -0.2) is 32.8 Å². The molecule has 106 valence electrons. The van der Waals surface area contributed by atoms with Gasteiger partial charge in [0.2, 0.25) is 0 Å². The number of benzene rings is 1. The summed E-state index contributed by atoms with van der Waals surface area (Å²) < 4.78 is 1.65. The maximum atomic E-state index is 10.9. The molecule has 0 aliphatic carbocycles. The van der Waals surface area contributed by atoms with E-state index in [2.05, 4.69) is 5.32 Å². The van der Waals surface area contributed by atoms with Crippen LogP contribution in [0.5, 0.6) is 0 Å². The Bertz CT molecular complexity index is 648. The van der Waals surface area contributed by atoms with E-state index >= 15 is 0 Å². The molecule has 0 amide bonds. The first kappa shape index (κ1) is 14.1. The molecule has 20 heavy (non-hydrogen) atoms. The Morgan fingerprint density at radius 1 is 1.30 bits per heavy atom. The third-order valence-corrected chi connectivity index (χ3v) is 3.15. The average molecular weight is 276 g/mol. The van der Waals surface area contributed by atoms with Crippen LogP contribution in [0, 0.1) is 0 Å². The summed E-state index contributed by atoms with van der Waals surface area (Å²) >= 11 is 0. The highest BCUT2D eigenvalue weighted by Crippen LogP contribution is 2.21. The van der Waals surface area contributed by atoms with Crippen LogP contribution in [0.4, 0.5) is 0 Å². The number of nitrogens with one attached hydrogen (secondary N) is 1. The fraction of sp³-hybridized carbons (Fsp3) is 0.286. The molecule has 1 atom stereocenters. The smallest absolute Gasteiger partial charge is 0.323 e. The minimum absolute atomic E-state index is 0.116. The van der Waals surface area contributed by atoms with E-state index in [0.717, 1.165) is 16.5 Å². The van der Waals surface area contributed by atoms with Gasteiger partial charge in [0.15, 0.2) is 0 Å². The van der Waals surface area contributed by atoms with Gasteiger partial charge in [-0.25, -0.2) is 0 Å². The van der Waals surface area contributed by atoms with E-state index in [-0.39, 0.29) is 6.54 Å². The van der Waals surface area contributed by atoms with Crippen molar-refractivity contribution in [2.45, 2.75) is 26.1 Å². The molecular weight excluding hydrogens is 260 g/mol. The minimum Gasteiger partial charge on any atom is -0.480 e. The third kappa shape index (κ3) is 2.97. The summed E-state index contributed by atoms with van der Waals surface area (Å²) in [6.07, 6.45) is 1.75. The summed E-state index contributed by atoms with van der Waals surface area (Å²) in [4.78, 5) is 21.7. The van der Waals surface area contributed by atoms with E-state index in [0.29, 0.717) is 6.54 Å². The molecule has 6 nitrogen and oxygen atoms in total. The number of carboxylic acid groups (broad SMARTS) is 2. The van der Waals surface area contributed by atoms with Gasteiger partial charge in [-0.1, -0.05) is 18.2 Å². The Morgan fingerprint density at radius 3 is 2.65 bits per heavy atom. The predicted octanol–water partition coefficient (Wildman–Crippen LogP) is 1.29. The Balaban J connectivity index is 2.29. The number of para-hydroxylation sites is 1. The molecule has 0 saturated heterocycles. The van der Waals surface area contributed by atoms with E-state index in [1.807, 2.05) is 24.3 Å². The van der Waals surface area contributed by atoms with Gasteiger partial charge in [0.05, 0.1) is 0 Å². The van der Waals surface area contributed by atoms with Gasteiger partial charge in [-0.15, -0.1) is 0 Å². The first-order chi connectivity index (χ1) is 9.49. The zero-order valence-electron chi connectivity index (χ0n) is 11.0. The SMILES string of the molecule is C[C@H](NCc1cn(CC(=O)O)c2ccccc12)C(=O)O. The molecule has 1 aromatic heterocycles. The number of hydrogen-bond acceptors (Lipinski definition) is 3. The third-order valence-electron chi connectivity index (χ3n) is 3.15. The highest BCUT2D eigenvalue weighted by molar-refractivity contribution is 5.85. The molecule has 2 aromatic rings. The summed E-state index contributed by atoms with van der Waals surface area (Å²) in [6.45, 7) is 1.83. The average Bonchev–Trinajstić information content (AvgIpc) is 2.74. The molecule has 3 N–H and O–H groups in total. The standard InChI is InChI=1S/C14H16N2O4/c1-9(14(19)20)15-6-10-7-16(8-13(17)18)12-5-3-2-4-11(10)12/h2-5,7,9,15H,6,8H2,1H3,(H,17,18)(H,19,20)/t9-/m0/s1. The molecule has 1 aromatic carbocycles. The van der Waals surface area contributed by atoms with Crippen LogP contribution in [0.15, 0.2) is 30.5 Å². The lowest BCUT2D eigenvalue weighted by Gasteiger charge is -2.07. The van der Waals surface area contributed by atoms with Gasteiger partial charge in [-0.2, -0.15) is 0 Å². The maximum absolute atomic E-state index is 10.9. The van der Waals surface area contributed by atoms with Crippen molar-refractivity contribution in [2.24, 2.45) is 0 Å². The highest BCUT2D eigenvalue weighted by Gasteiger charge is 2.13. The van der Waals surface area contributed by atoms with Crippen LogP contribution in [0.1, 0.15) is 12.5 Å². The predicted molar refractivity (Wildman–Crippen MR) is 73.5 cm³/mol. The number of hydrogen-bond donors (Lipinski definition) is 3. The molecule has 0 aliphatic heterocycles. The van der Waals surface area contributed by atoms with Crippen LogP contribution in [0.3, 0.4) is 0 Å². The molecule has 0 saturated carbocycles. The second kappa shape index (κ2) is 5.75. The number of carbonyl (C=O) groups is 2. The van der Waals surface area contributed by atoms with Gasteiger partial charge in [0.1, 0.15) is 12.6 Å². The van der Waals surface area contributed by atoms with Gasteiger partial charge in [0, 0.05) is 23.6 Å². The lowest BCUT2D eigenvalue weighted by Crippen LogP contribution is -2.33. The molecule has 6 heteroatoms. The number of fused-ring (bicyclic) bond motifs is 1. The van der Waals surface area contributed by atoms with Crippen molar-refractivity contribution in [2.75, 3.05) is 0 Å². The molecule has 0 radical (unpaired) electrons. The minimum atomic E-state index is -0.917. The summed E-state index contributed by atoms with van der Waals surface area (Å²) in [6, 6.07) is 6.81. The van der Waals surface area contributed by atoms with Crippen LogP contribution in [0.2, 0.25) is 0 Å². The number of aromatic nitrogens is 1. The Morgan fingerprint density at radius 2 is 2.00 bits per heavy atom. The largest absolute Gasteiger partial charge is 0.480 e. The van der Waals surface area contributed by atoms with Crippen LogP contribution in [0.25, 0.3) is 10.9 Å². The summed E-state index contributed by atoms with van der Waals surface area (Å²) in [5.74, 6) is -1.83. The first-order valence-electron chi connectivity index (χ1n) is 6.23. The summed E-state index contributed by atoms with van der Waals surface area (Å²) in [7, 11) is 0. The first-order valence-corrected chi connectivity index (χ1v) is 6.23. The zero-order valence-corrected chi connectivity index (χ0v) is 11.0. The molecule has 0 fully saturated rings. The number of aliphatic carboxylic acids is 2. The molecule has 0 bridgehead atoms. The topological polar surface area (TPSA) is 91.6 Å². The highest BCUT2D eigenvalue weighted by atomic mass is 16.4. The van der Waals surface area contributed by atoms with Crippen LogP contribution < -0.4 is 5.32 Å². The fourth-order valence-electron chi connectivity index (χ4n) is 2.09. The number of carboxylic acids is 2. The van der Waals surface area contributed by atoms with Crippen molar-refractivity contribution >= 4 is 22.8 Å². The van der Waals surface area contributed by atoms with Crippen molar-refractivity contribution in [3.8, 4) is 0 Å². The second-order valence-corrected chi connectivity index (χ2v) is 4.63.